The molecule has 0 aliphatic heterocycles. The number of hydrogen-bond donors (Lipinski definition) is 0. The van der Waals surface area contributed by atoms with Gasteiger partial charge in [0.05, 0.1) is 0 Å². The highest BCUT2D eigenvalue weighted by atomic mass is 16.6. The summed E-state index contributed by atoms with van der Waals surface area (Å²) in [7, 11) is 0. The molecule has 0 aliphatic rings. The number of unbranched alkanes of at least 4 members (excludes halogenated alkanes) is 22. The SMILES string of the molecule is CC/C=C\C/C=C\C/C=C\CCCCCCCC(=O)OC(COC(=O)CCCCCCC/C=C\C/C=C\CCCCC)COC(=O)CCCCCCC/C=C\C/C=C\CCCCCC. The zero-order valence-electron chi connectivity index (χ0n) is 41.8. The van der Waals surface area contributed by atoms with Crippen molar-refractivity contribution in [1.82, 2.24) is 0 Å². The lowest BCUT2D eigenvalue weighted by atomic mass is 10.1. The van der Waals surface area contributed by atoms with E-state index in [1.165, 1.54) is 57.8 Å². The number of rotatable bonds is 47. The van der Waals surface area contributed by atoms with Crippen LogP contribution in [0, 0.1) is 0 Å². The van der Waals surface area contributed by atoms with Crippen molar-refractivity contribution >= 4 is 17.9 Å². The number of hydrogen-bond acceptors (Lipinski definition) is 6. The second-order valence-electron chi connectivity index (χ2n) is 17.4. The van der Waals surface area contributed by atoms with Crippen molar-refractivity contribution in [3.8, 4) is 0 Å². The molecule has 0 amide bonds. The lowest BCUT2D eigenvalue weighted by molar-refractivity contribution is -0.167. The Morgan fingerprint density at radius 1 is 0.328 bits per heavy atom. The van der Waals surface area contributed by atoms with Crippen molar-refractivity contribution in [1.29, 1.82) is 0 Å². The fourth-order valence-electron chi connectivity index (χ4n) is 7.10. The van der Waals surface area contributed by atoms with E-state index >= 15 is 0 Å². The zero-order chi connectivity index (χ0) is 46.5. The van der Waals surface area contributed by atoms with Crippen LogP contribution in [0.15, 0.2) is 85.1 Å². The van der Waals surface area contributed by atoms with Crippen LogP contribution in [0.3, 0.4) is 0 Å². The molecular formula is C58H98O6. The molecule has 0 aliphatic carbocycles. The van der Waals surface area contributed by atoms with Crippen molar-refractivity contribution in [3.63, 3.8) is 0 Å². The van der Waals surface area contributed by atoms with Gasteiger partial charge >= 0.3 is 17.9 Å². The van der Waals surface area contributed by atoms with Crippen molar-refractivity contribution in [2.45, 2.75) is 252 Å². The van der Waals surface area contributed by atoms with Gasteiger partial charge in [0.25, 0.3) is 0 Å². The minimum absolute atomic E-state index is 0.0961. The molecule has 0 saturated heterocycles. The first-order chi connectivity index (χ1) is 31.5. The van der Waals surface area contributed by atoms with Gasteiger partial charge in [0.2, 0.25) is 0 Å². The summed E-state index contributed by atoms with van der Waals surface area (Å²) in [4.78, 5) is 38.0. The quantitative estimate of drug-likeness (QED) is 0.0262. The summed E-state index contributed by atoms with van der Waals surface area (Å²) in [6.07, 6.45) is 67.0. The molecule has 0 radical (unpaired) electrons. The Bertz CT molecular complexity index is 1250. The molecule has 6 nitrogen and oxygen atoms in total. The summed E-state index contributed by atoms with van der Waals surface area (Å²) in [5.41, 5.74) is 0. The van der Waals surface area contributed by atoms with Crippen LogP contribution in [-0.4, -0.2) is 37.2 Å². The van der Waals surface area contributed by atoms with Gasteiger partial charge in [-0.05, 0) is 116 Å². The number of ether oxygens (including phenoxy) is 3. The monoisotopic (exact) mass is 891 g/mol. The fourth-order valence-corrected chi connectivity index (χ4v) is 7.10. The van der Waals surface area contributed by atoms with Crippen molar-refractivity contribution in [2.24, 2.45) is 0 Å². The molecule has 0 heterocycles. The summed E-state index contributed by atoms with van der Waals surface area (Å²) in [6.45, 7) is 6.44. The van der Waals surface area contributed by atoms with Crippen molar-refractivity contribution in [2.75, 3.05) is 13.2 Å². The predicted octanol–water partition coefficient (Wildman–Crippen LogP) is 17.6. The van der Waals surface area contributed by atoms with Crippen LogP contribution in [0.5, 0.6) is 0 Å². The third-order valence-electron chi connectivity index (χ3n) is 11.1. The molecule has 64 heavy (non-hydrogen) atoms. The molecule has 0 aromatic heterocycles. The summed E-state index contributed by atoms with van der Waals surface area (Å²) >= 11 is 0. The highest BCUT2D eigenvalue weighted by Crippen LogP contribution is 2.13. The van der Waals surface area contributed by atoms with E-state index in [4.69, 9.17) is 14.2 Å². The van der Waals surface area contributed by atoms with Crippen molar-refractivity contribution < 1.29 is 28.6 Å². The molecule has 0 aromatic rings. The molecule has 0 rings (SSSR count). The third kappa shape index (κ3) is 49.6. The van der Waals surface area contributed by atoms with Crippen LogP contribution >= 0.6 is 0 Å². The standard InChI is InChI=1S/C58H98O6/c1-4-7-10-13-16-19-22-25-28-31-33-36-39-42-45-48-51-57(60)63-54-55(64-58(61)52-49-46-43-40-37-34-30-27-24-21-18-15-12-9-6-3)53-62-56(59)50-47-44-41-38-35-32-29-26-23-20-17-14-11-8-5-2/h9,12,17-22,26-31,55H,4-8,10-11,13-16,23-25,32-54H2,1-3H3/b12-9-,20-17-,21-18-,22-19-,29-26-,30-27-,31-28-. The Morgan fingerprint density at radius 2 is 0.609 bits per heavy atom. The topological polar surface area (TPSA) is 78.9 Å². The van der Waals surface area contributed by atoms with Crippen LogP contribution in [-0.2, 0) is 28.6 Å². The van der Waals surface area contributed by atoms with Gasteiger partial charge in [-0.3, -0.25) is 14.4 Å². The fraction of sp³-hybridized carbons (Fsp3) is 0.707. The maximum atomic E-state index is 12.8. The Morgan fingerprint density at radius 3 is 0.984 bits per heavy atom. The first kappa shape index (κ1) is 60.6. The lowest BCUT2D eigenvalue weighted by Gasteiger charge is -2.18. The van der Waals surface area contributed by atoms with Gasteiger partial charge in [-0.25, -0.2) is 0 Å². The number of carbonyl (C=O) groups is 3. The second-order valence-corrected chi connectivity index (χ2v) is 17.4. The van der Waals surface area contributed by atoms with Gasteiger partial charge in [-0.2, -0.15) is 0 Å². The molecule has 1 unspecified atom stereocenters. The van der Waals surface area contributed by atoms with E-state index in [1.807, 2.05) is 0 Å². The van der Waals surface area contributed by atoms with Gasteiger partial charge in [-0.1, -0.05) is 196 Å². The predicted molar refractivity (Wildman–Crippen MR) is 274 cm³/mol. The van der Waals surface area contributed by atoms with Gasteiger partial charge in [-0.15, -0.1) is 0 Å². The average Bonchev–Trinajstić information content (AvgIpc) is 3.29. The van der Waals surface area contributed by atoms with Gasteiger partial charge in [0.1, 0.15) is 13.2 Å². The van der Waals surface area contributed by atoms with Crippen LogP contribution < -0.4 is 0 Å². The van der Waals surface area contributed by atoms with E-state index in [0.29, 0.717) is 19.3 Å². The smallest absolute Gasteiger partial charge is 0.306 e. The minimum atomic E-state index is -0.797. The lowest BCUT2D eigenvalue weighted by Crippen LogP contribution is -2.30. The second kappa shape index (κ2) is 52.2. The largest absolute Gasteiger partial charge is 0.462 e. The zero-order valence-corrected chi connectivity index (χ0v) is 41.8. The maximum absolute atomic E-state index is 12.8. The van der Waals surface area contributed by atoms with E-state index < -0.39 is 6.10 Å². The van der Waals surface area contributed by atoms with Gasteiger partial charge < -0.3 is 14.2 Å². The molecule has 6 heteroatoms. The minimum Gasteiger partial charge on any atom is -0.462 e. The molecule has 0 aromatic carbocycles. The summed E-state index contributed by atoms with van der Waals surface area (Å²) in [6, 6.07) is 0. The van der Waals surface area contributed by atoms with Crippen LogP contribution in [0.25, 0.3) is 0 Å². The molecule has 0 N–H and O–H groups in total. The first-order valence-electron chi connectivity index (χ1n) is 26.6. The van der Waals surface area contributed by atoms with Crippen molar-refractivity contribution in [3.05, 3.63) is 85.1 Å². The third-order valence-corrected chi connectivity index (χ3v) is 11.1. The van der Waals surface area contributed by atoms with Gasteiger partial charge in [0.15, 0.2) is 6.10 Å². The number of allylic oxidation sites excluding steroid dienone is 14. The summed E-state index contributed by atoms with van der Waals surface area (Å²) < 4.78 is 16.8. The van der Waals surface area contributed by atoms with E-state index in [0.717, 1.165) is 148 Å². The Kier molecular flexibility index (Phi) is 49.4. The van der Waals surface area contributed by atoms with E-state index in [2.05, 4.69) is 106 Å². The number of esters is 3. The highest BCUT2D eigenvalue weighted by Gasteiger charge is 2.19. The van der Waals surface area contributed by atoms with Crippen LogP contribution in [0.2, 0.25) is 0 Å². The van der Waals surface area contributed by atoms with Gasteiger partial charge in [0, 0.05) is 19.3 Å². The van der Waals surface area contributed by atoms with Crippen LogP contribution in [0.1, 0.15) is 245 Å². The average molecular weight is 891 g/mol. The molecule has 0 saturated carbocycles. The summed E-state index contributed by atoms with van der Waals surface area (Å²) in [5, 5.41) is 0. The molecular weight excluding hydrogens is 793 g/mol. The molecule has 366 valence electrons. The Labute approximate surface area is 395 Å². The first-order valence-corrected chi connectivity index (χ1v) is 26.6. The molecule has 0 bridgehead atoms. The summed E-state index contributed by atoms with van der Waals surface area (Å²) in [5.74, 6) is -0.939. The molecule has 0 spiro atoms. The van der Waals surface area contributed by atoms with E-state index in [-0.39, 0.29) is 31.1 Å². The number of carbonyl (C=O) groups excluding carboxylic acids is 3. The van der Waals surface area contributed by atoms with E-state index in [1.54, 1.807) is 0 Å². The maximum Gasteiger partial charge on any atom is 0.306 e. The highest BCUT2D eigenvalue weighted by molar-refractivity contribution is 5.71. The molecule has 0 fully saturated rings. The van der Waals surface area contributed by atoms with Crippen LogP contribution in [0.4, 0.5) is 0 Å². The normalized spacial score (nSPS) is 12.7. The molecule has 1 atom stereocenters. The Balaban J connectivity index is 4.47. The Hall–Kier alpha value is -3.41. The van der Waals surface area contributed by atoms with E-state index in [9.17, 15) is 14.4 Å².